The summed E-state index contributed by atoms with van der Waals surface area (Å²) < 4.78 is 4.90. The fraction of sp³-hybridized carbons (Fsp3) is 0.750. The summed E-state index contributed by atoms with van der Waals surface area (Å²) in [6.45, 7) is 6.09. The average molecular weight is 229 g/mol. The van der Waals surface area contributed by atoms with Gasteiger partial charge in [0.15, 0.2) is 6.61 Å². The molecule has 0 radical (unpaired) electrons. The van der Waals surface area contributed by atoms with Gasteiger partial charge in [-0.15, -0.1) is 0 Å². The molecular weight excluding hydrogens is 213 g/mol. The number of carbonyl (C=O) groups excluding carboxylic acids is 2. The van der Waals surface area contributed by atoms with E-state index in [4.69, 9.17) is 4.74 Å². The van der Waals surface area contributed by atoms with Crippen LogP contribution < -0.4 is 5.64 Å². The summed E-state index contributed by atoms with van der Waals surface area (Å²) in [6.07, 6.45) is 0. The van der Waals surface area contributed by atoms with Gasteiger partial charge in [0.05, 0.1) is 0 Å². The van der Waals surface area contributed by atoms with E-state index < -0.39 is 17.5 Å². The van der Waals surface area contributed by atoms with Gasteiger partial charge in [0.25, 0.3) is 0 Å². The van der Waals surface area contributed by atoms with Crippen molar-refractivity contribution in [3.8, 4) is 0 Å². The average Bonchev–Trinajstić information content (AvgIpc) is 1.94. The van der Waals surface area contributed by atoms with Crippen molar-refractivity contribution in [2.24, 2.45) is 0 Å². The number of hydrogen-bond acceptors (Lipinski definition) is 6. The molecule has 0 fully saturated rings. The summed E-state index contributed by atoms with van der Waals surface area (Å²) in [5, 5.41) is 0. The van der Waals surface area contributed by atoms with Crippen LogP contribution in [0.3, 0.4) is 0 Å². The summed E-state index contributed by atoms with van der Waals surface area (Å²) in [5.74, 6) is -1.11. The first-order valence-electron chi connectivity index (χ1n) is 4.07. The Kier molecular flexibility index (Phi) is 9.28. The van der Waals surface area contributed by atoms with Crippen molar-refractivity contribution in [2.75, 3.05) is 6.61 Å². The number of carbonyl (C=O) groups is 2. The van der Waals surface area contributed by atoms with Crippen LogP contribution in [0.15, 0.2) is 0 Å². The van der Waals surface area contributed by atoms with Crippen LogP contribution in [0.1, 0.15) is 27.7 Å². The van der Waals surface area contributed by atoms with Crippen molar-refractivity contribution in [3.63, 3.8) is 0 Å². The van der Waals surface area contributed by atoms with Gasteiger partial charge >= 0.3 is 41.5 Å². The zero-order chi connectivity index (χ0) is 11.2. The van der Waals surface area contributed by atoms with Crippen molar-refractivity contribution in [1.29, 1.82) is 0 Å². The van der Waals surface area contributed by atoms with Crippen LogP contribution in [0, 0.1) is 0 Å². The van der Waals surface area contributed by atoms with E-state index in [9.17, 15) is 9.59 Å². The van der Waals surface area contributed by atoms with E-state index in [0.717, 1.165) is 0 Å². The Hall–Kier alpha value is -0.140. The molecule has 0 aliphatic carbocycles. The van der Waals surface area contributed by atoms with E-state index in [-0.39, 0.29) is 36.2 Å². The van der Waals surface area contributed by atoms with Gasteiger partial charge in [0.2, 0.25) is 0 Å². The molecule has 6 nitrogen and oxygen atoms in total. The molecule has 0 aliphatic rings. The molecule has 0 bridgehead atoms. The van der Waals surface area contributed by atoms with Crippen LogP contribution in [0.4, 0.5) is 0 Å². The van der Waals surface area contributed by atoms with E-state index >= 15 is 0 Å². The number of esters is 1. The minimum atomic E-state index is -0.561. The molecule has 0 unspecified atom stereocenters. The third-order valence-electron chi connectivity index (χ3n) is 0.854. The van der Waals surface area contributed by atoms with Gasteiger partial charge in [-0.25, -0.2) is 4.79 Å². The molecular formula is C8H16NNaO5. The molecule has 0 amide bonds. The molecule has 0 aromatic carbocycles. The summed E-state index contributed by atoms with van der Waals surface area (Å²) in [6, 6.07) is 0. The van der Waals surface area contributed by atoms with Crippen LogP contribution in [-0.2, 0) is 24.0 Å². The normalized spacial score (nSPS) is 10.1. The molecule has 0 saturated carbocycles. The molecule has 0 heterocycles. The van der Waals surface area contributed by atoms with Gasteiger partial charge in [-0.3, -0.25) is 9.63 Å². The molecule has 84 valence electrons. The topological polar surface area (TPSA) is 73.9 Å². The summed E-state index contributed by atoms with van der Waals surface area (Å²) in [4.78, 5) is 29.9. The third-order valence-corrected chi connectivity index (χ3v) is 0.854. The number of ether oxygens (including phenoxy) is 1. The van der Waals surface area contributed by atoms with E-state index in [0.29, 0.717) is 0 Å². The fourth-order valence-corrected chi connectivity index (χ4v) is 0.547. The Labute approximate surface area is 111 Å². The molecule has 0 aromatic rings. The Bertz CT molecular complexity index is 214. The Morgan fingerprint density at radius 3 is 2.20 bits per heavy atom. The fourth-order valence-electron chi connectivity index (χ4n) is 0.547. The van der Waals surface area contributed by atoms with Crippen LogP contribution in [-0.4, -0.2) is 53.7 Å². The van der Waals surface area contributed by atoms with E-state index in [1.807, 2.05) is 5.64 Å². The number of hydrogen-bond donors (Lipinski definition) is 1. The van der Waals surface area contributed by atoms with E-state index in [1.165, 1.54) is 6.92 Å². The standard InChI is InChI=1S/C8H15NO5.Na.H/c1-6(10)14-9-12-5-7(11)13-8(2,3)4;;/h9H,5H2,1-4H3;;. The molecule has 0 rings (SSSR count). The molecule has 7 heteroatoms. The SMILES string of the molecule is CC(=O)ONOCC(=O)OC(C)(C)C.[NaH]. The second-order valence-corrected chi connectivity index (χ2v) is 3.55. The first-order valence-corrected chi connectivity index (χ1v) is 4.07. The van der Waals surface area contributed by atoms with E-state index in [2.05, 4.69) is 9.68 Å². The number of nitrogens with one attached hydrogen (secondary N) is 1. The predicted molar refractivity (Wildman–Crippen MR) is 53.8 cm³/mol. The van der Waals surface area contributed by atoms with E-state index in [1.54, 1.807) is 20.8 Å². The quantitative estimate of drug-likeness (QED) is 0.308. The van der Waals surface area contributed by atoms with Crippen molar-refractivity contribution >= 4 is 41.5 Å². The second-order valence-electron chi connectivity index (χ2n) is 3.55. The Balaban J connectivity index is 0. The molecule has 0 saturated heterocycles. The monoisotopic (exact) mass is 229 g/mol. The van der Waals surface area contributed by atoms with Crippen molar-refractivity contribution in [3.05, 3.63) is 0 Å². The molecule has 0 aliphatic heterocycles. The molecule has 0 atom stereocenters. The van der Waals surface area contributed by atoms with Crippen LogP contribution >= 0.6 is 0 Å². The zero-order valence-corrected chi connectivity index (χ0v) is 8.75. The van der Waals surface area contributed by atoms with Crippen molar-refractivity contribution in [2.45, 2.75) is 33.3 Å². The Morgan fingerprint density at radius 1 is 1.27 bits per heavy atom. The molecule has 1 N–H and O–H groups in total. The third kappa shape index (κ3) is 13.9. The molecule has 15 heavy (non-hydrogen) atoms. The van der Waals surface area contributed by atoms with Crippen molar-refractivity contribution in [1.82, 2.24) is 5.64 Å². The van der Waals surface area contributed by atoms with Crippen LogP contribution in [0.25, 0.3) is 0 Å². The maximum absolute atomic E-state index is 11.0. The van der Waals surface area contributed by atoms with Gasteiger partial charge in [-0.05, 0) is 26.4 Å². The first kappa shape index (κ1) is 17.3. The number of rotatable bonds is 4. The summed E-state index contributed by atoms with van der Waals surface area (Å²) >= 11 is 0. The predicted octanol–water partition coefficient (Wildman–Crippen LogP) is -0.321. The van der Waals surface area contributed by atoms with Crippen molar-refractivity contribution < 1.29 is 24.0 Å². The zero-order valence-electron chi connectivity index (χ0n) is 8.75. The van der Waals surface area contributed by atoms with Gasteiger partial charge in [0.1, 0.15) is 5.60 Å². The molecule has 0 aromatic heterocycles. The van der Waals surface area contributed by atoms with Gasteiger partial charge in [-0.1, -0.05) is 0 Å². The summed E-state index contributed by atoms with van der Waals surface area (Å²) in [7, 11) is 0. The molecule has 0 spiro atoms. The van der Waals surface area contributed by atoms with Crippen LogP contribution in [0.5, 0.6) is 0 Å². The van der Waals surface area contributed by atoms with Gasteiger partial charge in [0, 0.05) is 6.92 Å². The minimum absolute atomic E-state index is 0. The van der Waals surface area contributed by atoms with Gasteiger partial charge < -0.3 is 9.57 Å². The summed E-state index contributed by atoms with van der Waals surface area (Å²) in [5.41, 5.74) is 1.30. The first-order chi connectivity index (χ1) is 6.31. The Morgan fingerprint density at radius 2 is 1.80 bits per heavy atom. The second kappa shape index (κ2) is 8.06. The van der Waals surface area contributed by atoms with Gasteiger partial charge in [-0.2, -0.15) is 0 Å². The maximum atomic E-state index is 11.0. The van der Waals surface area contributed by atoms with Crippen LogP contribution in [0.2, 0.25) is 0 Å².